The SMILES string of the molecule is CCOC(=O)C(F)(F)[C@H](CCCCO[Si](C)(C)C(C)(C)C)N[C@@H](COC)c1ccccc1. The number of carbonyl (C=O) groups is 1. The van der Waals surface area contributed by atoms with Gasteiger partial charge in [0.1, 0.15) is 0 Å². The molecule has 0 amide bonds. The van der Waals surface area contributed by atoms with E-state index >= 15 is 8.78 Å². The van der Waals surface area contributed by atoms with E-state index in [0.29, 0.717) is 19.4 Å². The number of hydrogen-bond donors (Lipinski definition) is 1. The molecule has 5 nitrogen and oxygen atoms in total. The van der Waals surface area contributed by atoms with Gasteiger partial charge in [-0.15, -0.1) is 0 Å². The number of carbonyl (C=O) groups excluding carboxylic acids is 1. The minimum atomic E-state index is -3.66. The van der Waals surface area contributed by atoms with E-state index in [1.54, 1.807) is 0 Å². The number of hydrogen-bond acceptors (Lipinski definition) is 5. The highest BCUT2D eigenvalue weighted by Crippen LogP contribution is 2.36. The van der Waals surface area contributed by atoms with E-state index in [2.05, 4.69) is 43.9 Å². The Morgan fingerprint density at radius 3 is 2.28 bits per heavy atom. The second kappa shape index (κ2) is 12.8. The highest BCUT2D eigenvalue weighted by Gasteiger charge is 2.49. The summed E-state index contributed by atoms with van der Waals surface area (Å²) in [6, 6.07) is 7.39. The lowest BCUT2D eigenvalue weighted by Crippen LogP contribution is -2.52. The molecular weight excluding hydrogens is 432 g/mol. The first-order valence-electron chi connectivity index (χ1n) is 11.4. The Kier molecular flexibility index (Phi) is 11.4. The fourth-order valence-electron chi connectivity index (χ4n) is 3.07. The van der Waals surface area contributed by atoms with Crippen molar-refractivity contribution in [2.75, 3.05) is 26.9 Å². The topological polar surface area (TPSA) is 56.8 Å². The first-order chi connectivity index (χ1) is 14.9. The van der Waals surface area contributed by atoms with Crippen LogP contribution in [-0.2, 0) is 18.7 Å². The lowest BCUT2D eigenvalue weighted by atomic mass is 9.99. The summed E-state index contributed by atoms with van der Waals surface area (Å²) in [5, 5.41) is 3.07. The molecule has 0 aliphatic carbocycles. The van der Waals surface area contributed by atoms with Crippen LogP contribution in [0.1, 0.15) is 58.6 Å². The van der Waals surface area contributed by atoms with Crippen molar-refractivity contribution in [3.63, 3.8) is 0 Å². The quantitative estimate of drug-likeness (QED) is 0.213. The van der Waals surface area contributed by atoms with E-state index in [4.69, 9.17) is 9.16 Å². The highest BCUT2D eigenvalue weighted by atomic mass is 28.4. The van der Waals surface area contributed by atoms with Crippen molar-refractivity contribution in [1.29, 1.82) is 0 Å². The first kappa shape index (κ1) is 28.7. The van der Waals surface area contributed by atoms with Crippen LogP contribution in [0.5, 0.6) is 0 Å². The molecule has 32 heavy (non-hydrogen) atoms. The fourth-order valence-corrected chi connectivity index (χ4v) is 4.16. The molecular formula is C24H41F2NO4Si. The number of esters is 1. The number of rotatable bonds is 14. The molecule has 0 fully saturated rings. The zero-order valence-corrected chi connectivity index (χ0v) is 21.7. The lowest BCUT2D eigenvalue weighted by molar-refractivity contribution is -0.176. The second-order valence-electron chi connectivity index (χ2n) is 9.59. The first-order valence-corrected chi connectivity index (χ1v) is 14.3. The van der Waals surface area contributed by atoms with Gasteiger partial charge in [-0.1, -0.05) is 51.1 Å². The zero-order valence-electron chi connectivity index (χ0n) is 20.7. The predicted molar refractivity (Wildman–Crippen MR) is 127 cm³/mol. The molecule has 0 bridgehead atoms. The van der Waals surface area contributed by atoms with Crippen molar-refractivity contribution in [1.82, 2.24) is 5.32 Å². The summed E-state index contributed by atoms with van der Waals surface area (Å²) < 4.78 is 46.1. The van der Waals surface area contributed by atoms with Crippen LogP contribution in [0.4, 0.5) is 8.78 Å². The van der Waals surface area contributed by atoms with Crippen LogP contribution in [-0.4, -0.2) is 53.2 Å². The van der Waals surface area contributed by atoms with Gasteiger partial charge in [-0.3, -0.25) is 5.32 Å². The maximum atomic E-state index is 15.0. The van der Waals surface area contributed by atoms with Crippen LogP contribution in [0, 0.1) is 0 Å². The van der Waals surface area contributed by atoms with Crippen LogP contribution in [0.2, 0.25) is 18.1 Å². The van der Waals surface area contributed by atoms with Crippen LogP contribution < -0.4 is 5.32 Å². The molecule has 0 unspecified atom stereocenters. The van der Waals surface area contributed by atoms with Gasteiger partial charge in [0.25, 0.3) is 0 Å². The van der Waals surface area contributed by atoms with E-state index in [-0.39, 0.29) is 24.7 Å². The third-order valence-corrected chi connectivity index (χ3v) is 10.6. The normalized spacial score (nSPS) is 14.8. The van der Waals surface area contributed by atoms with Gasteiger partial charge in [0.05, 0.1) is 25.3 Å². The molecule has 0 saturated heterocycles. The van der Waals surface area contributed by atoms with E-state index in [1.807, 2.05) is 30.3 Å². The standard InChI is InChI=1S/C24H41F2NO4Si/c1-8-30-22(28)24(25,26)21(16-12-13-17-31-32(6,7)23(2,3)4)27-20(18-29-5)19-14-10-9-11-15-19/h9-11,14-15,20-21,27H,8,12-13,16-18H2,1-7H3/t20-,21-/m0/s1. The predicted octanol–water partition coefficient (Wildman–Crippen LogP) is 5.72. The summed E-state index contributed by atoms with van der Waals surface area (Å²) in [5.74, 6) is -5.16. The summed E-state index contributed by atoms with van der Waals surface area (Å²) in [7, 11) is -0.361. The second-order valence-corrected chi connectivity index (χ2v) is 14.4. The molecule has 0 aliphatic rings. The van der Waals surface area contributed by atoms with E-state index < -0.39 is 32.3 Å². The summed E-state index contributed by atoms with van der Waals surface area (Å²) >= 11 is 0. The van der Waals surface area contributed by atoms with Crippen LogP contribution in [0.25, 0.3) is 0 Å². The number of benzene rings is 1. The summed E-state index contributed by atoms with van der Waals surface area (Å²) in [6.45, 7) is 13.0. The average Bonchev–Trinajstić information content (AvgIpc) is 2.71. The van der Waals surface area contributed by atoms with Gasteiger partial charge in [-0.05, 0) is 49.9 Å². The third kappa shape index (κ3) is 8.54. The van der Waals surface area contributed by atoms with Crippen molar-refractivity contribution in [3.8, 4) is 0 Å². The van der Waals surface area contributed by atoms with Crippen molar-refractivity contribution >= 4 is 14.3 Å². The molecule has 0 radical (unpaired) electrons. The van der Waals surface area contributed by atoms with Gasteiger partial charge < -0.3 is 13.9 Å². The Labute approximate surface area is 193 Å². The highest BCUT2D eigenvalue weighted by molar-refractivity contribution is 6.74. The molecule has 1 aromatic rings. The summed E-state index contributed by atoms with van der Waals surface area (Å²) in [4.78, 5) is 12.1. The molecule has 0 heterocycles. The van der Waals surface area contributed by atoms with Gasteiger partial charge in [0.15, 0.2) is 8.32 Å². The molecule has 2 atom stereocenters. The third-order valence-electron chi connectivity index (χ3n) is 6.08. The Morgan fingerprint density at radius 2 is 1.75 bits per heavy atom. The molecule has 1 aromatic carbocycles. The molecule has 8 heteroatoms. The molecule has 0 spiro atoms. The van der Waals surface area contributed by atoms with E-state index in [1.165, 1.54) is 14.0 Å². The van der Waals surface area contributed by atoms with Crippen molar-refractivity contribution in [2.24, 2.45) is 0 Å². The molecule has 0 aliphatic heterocycles. The number of methoxy groups -OCH3 is 1. The van der Waals surface area contributed by atoms with Crippen LogP contribution >= 0.6 is 0 Å². The van der Waals surface area contributed by atoms with Gasteiger partial charge in [-0.25, -0.2) is 4.79 Å². The Morgan fingerprint density at radius 1 is 1.12 bits per heavy atom. The molecule has 184 valence electrons. The van der Waals surface area contributed by atoms with Gasteiger partial charge >= 0.3 is 11.9 Å². The minimum Gasteiger partial charge on any atom is -0.462 e. The summed E-state index contributed by atoms with van der Waals surface area (Å²) in [6.07, 6.45) is 1.25. The monoisotopic (exact) mass is 473 g/mol. The average molecular weight is 474 g/mol. The minimum absolute atomic E-state index is 0.0943. The van der Waals surface area contributed by atoms with Crippen LogP contribution in [0.3, 0.4) is 0 Å². The smallest absolute Gasteiger partial charge is 0.378 e. The summed E-state index contributed by atoms with van der Waals surface area (Å²) in [5.41, 5.74) is 0.820. The Bertz CT molecular complexity index is 680. The maximum absolute atomic E-state index is 15.0. The number of nitrogens with one attached hydrogen (secondary N) is 1. The zero-order chi connectivity index (χ0) is 24.4. The van der Waals surface area contributed by atoms with E-state index in [0.717, 1.165) is 5.56 Å². The Hall–Kier alpha value is -1.35. The number of alkyl halides is 2. The van der Waals surface area contributed by atoms with Crippen molar-refractivity contribution < 1.29 is 27.5 Å². The van der Waals surface area contributed by atoms with Gasteiger partial charge in [0.2, 0.25) is 0 Å². The number of ether oxygens (including phenoxy) is 2. The van der Waals surface area contributed by atoms with E-state index in [9.17, 15) is 4.79 Å². The van der Waals surface area contributed by atoms with Gasteiger partial charge in [0, 0.05) is 13.7 Å². The van der Waals surface area contributed by atoms with Gasteiger partial charge in [-0.2, -0.15) is 8.78 Å². The van der Waals surface area contributed by atoms with Crippen LogP contribution in [0.15, 0.2) is 30.3 Å². The van der Waals surface area contributed by atoms with Crippen molar-refractivity contribution in [3.05, 3.63) is 35.9 Å². The Balaban J connectivity index is 2.88. The maximum Gasteiger partial charge on any atom is 0.378 e. The molecule has 1 N–H and O–H groups in total. The molecule has 1 rings (SSSR count). The number of halogens is 2. The lowest BCUT2D eigenvalue weighted by Gasteiger charge is -2.36. The molecule has 0 saturated carbocycles. The fraction of sp³-hybridized carbons (Fsp3) is 0.708. The molecule has 0 aromatic heterocycles. The van der Waals surface area contributed by atoms with Crippen molar-refractivity contribution in [2.45, 2.75) is 83.1 Å². The largest absolute Gasteiger partial charge is 0.462 e. The number of unbranched alkanes of at least 4 members (excludes halogenated alkanes) is 1.